The maximum Gasteiger partial charge on any atom is 0.275 e. The van der Waals surface area contributed by atoms with Gasteiger partial charge in [-0.15, -0.1) is 0 Å². The molecule has 0 aliphatic rings. The van der Waals surface area contributed by atoms with Crippen LogP contribution in [0.4, 0.5) is 11.5 Å². The Kier molecular flexibility index (Phi) is 5.65. The van der Waals surface area contributed by atoms with Crippen molar-refractivity contribution >= 4 is 29.0 Å². The van der Waals surface area contributed by atoms with Crippen molar-refractivity contribution in [1.82, 2.24) is 25.5 Å². The molecule has 118 valence electrons. The Morgan fingerprint density at radius 3 is 2.87 bits per heavy atom. The number of anilines is 2. The molecule has 23 heavy (non-hydrogen) atoms. The number of aromatic amines is 1. The summed E-state index contributed by atoms with van der Waals surface area (Å²) in [5.41, 5.74) is 1.11. The van der Waals surface area contributed by atoms with Crippen molar-refractivity contribution in [1.29, 1.82) is 0 Å². The lowest BCUT2D eigenvalue weighted by molar-refractivity contribution is 0.0963. The van der Waals surface area contributed by atoms with Crippen molar-refractivity contribution in [3.8, 4) is 0 Å². The number of hydrogen-bond acceptors (Lipinski definition) is 5. The number of aromatic nitrogens is 4. The average Bonchev–Trinajstić information content (AvgIpc) is 2.98. The number of allylic oxidation sites excluding steroid dienone is 4. The SMILES string of the molecule is C=C(/C=C\C=C/C)NC(=O)c1[nH]ncc1Nc1nccnc1Cl. The van der Waals surface area contributed by atoms with E-state index in [-0.39, 0.29) is 16.8 Å². The molecule has 0 aromatic carbocycles. The number of nitrogens with zero attached hydrogens (tertiary/aromatic N) is 3. The lowest BCUT2D eigenvalue weighted by Crippen LogP contribution is -2.22. The van der Waals surface area contributed by atoms with E-state index in [2.05, 4.69) is 37.4 Å². The van der Waals surface area contributed by atoms with Crippen molar-refractivity contribution in [2.45, 2.75) is 6.92 Å². The molecule has 3 N–H and O–H groups in total. The fraction of sp³-hybridized carbons (Fsp3) is 0.0667. The predicted molar refractivity (Wildman–Crippen MR) is 89.5 cm³/mol. The summed E-state index contributed by atoms with van der Waals surface area (Å²) in [6.45, 7) is 5.65. The van der Waals surface area contributed by atoms with Gasteiger partial charge in [0.05, 0.1) is 11.9 Å². The molecular weight excluding hydrogens is 316 g/mol. The van der Waals surface area contributed by atoms with Gasteiger partial charge >= 0.3 is 0 Å². The number of amides is 1. The zero-order chi connectivity index (χ0) is 16.7. The molecule has 2 aromatic rings. The summed E-state index contributed by atoms with van der Waals surface area (Å²) in [4.78, 5) is 20.2. The summed E-state index contributed by atoms with van der Waals surface area (Å²) in [6.07, 6.45) is 11.6. The number of carbonyl (C=O) groups is 1. The van der Waals surface area contributed by atoms with Crippen LogP contribution in [0.15, 0.2) is 55.2 Å². The van der Waals surface area contributed by atoms with E-state index in [0.29, 0.717) is 17.2 Å². The van der Waals surface area contributed by atoms with Crippen molar-refractivity contribution in [3.05, 3.63) is 66.0 Å². The first kappa shape index (κ1) is 16.4. The summed E-state index contributed by atoms with van der Waals surface area (Å²) in [6, 6.07) is 0. The van der Waals surface area contributed by atoms with Gasteiger partial charge in [0.15, 0.2) is 11.0 Å². The Morgan fingerprint density at radius 1 is 1.35 bits per heavy atom. The topological polar surface area (TPSA) is 95.6 Å². The van der Waals surface area contributed by atoms with Crippen LogP contribution in [0.5, 0.6) is 0 Å². The second-order valence-corrected chi connectivity index (χ2v) is 4.70. The number of rotatable bonds is 6. The third-order valence-corrected chi connectivity index (χ3v) is 2.92. The molecule has 0 radical (unpaired) electrons. The Morgan fingerprint density at radius 2 is 2.13 bits per heavy atom. The molecule has 0 spiro atoms. The molecule has 0 saturated heterocycles. The number of nitrogens with one attached hydrogen (secondary N) is 3. The van der Waals surface area contributed by atoms with E-state index in [1.165, 1.54) is 18.6 Å². The Balaban J connectivity index is 2.10. The van der Waals surface area contributed by atoms with Crippen molar-refractivity contribution in [3.63, 3.8) is 0 Å². The van der Waals surface area contributed by atoms with E-state index < -0.39 is 0 Å². The van der Waals surface area contributed by atoms with Gasteiger partial charge in [0, 0.05) is 18.1 Å². The molecule has 1 amide bonds. The first-order valence-corrected chi connectivity index (χ1v) is 7.06. The minimum atomic E-state index is -0.389. The highest BCUT2D eigenvalue weighted by atomic mass is 35.5. The average molecular weight is 331 g/mol. The molecule has 2 aromatic heterocycles. The summed E-state index contributed by atoms with van der Waals surface area (Å²) < 4.78 is 0. The van der Waals surface area contributed by atoms with Crippen LogP contribution in [-0.2, 0) is 0 Å². The number of carbonyl (C=O) groups excluding carboxylic acids is 1. The van der Waals surface area contributed by atoms with Crippen molar-refractivity contribution < 1.29 is 4.79 Å². The first-order valence-electron chi connectivity index (χ1n) is 6.68. The van der Waals surface area contributed by atoms with Crippen LogP contribution in [0, 0.1) is 0 Å². The molecular formula is C15H15ClN6O. The zero-order valence-corrected chi connectivity index (χ0v) is 13.1. The maximum atomic E-state index is 12.2. The van der Waals surface area contributed by atoms with Crippen LogP contribution in [-0.4, -0.2) is 26.1 Å². The number of H-pyrrole nitrogens is 1. The van der Waals surface area contributed by atoms with E-state index in [9.17, 15) is 4.79 Å². The minimum Gasteiger partial charge on any atom is -0.334 e. The fourth-order valence-electron chi connectivity index (χ4n) is 1.62. The van der Waals surface area contributed by atoms with Crippen LogP contribution >= 0.6 is 11.6 Å². The number of hydrogen-bond donors (Lipinski definition) is 3. The van der Waals surface area contributed by atoms with Gasteiger partial charge in [-0.3, -0.25) is 9.89 Å². The largest absolute Gasteiger partial charge is 0.334 e. The highest BCUT2D eigenvalue weighted by Gasteiger charge is 2.15. The third-order valence-electron chi connectivity index (χ3n) is 2.65. The first-order chi connectivity index (χ1) is 11.1. The van der Waals surface area contributed by atoms with Gasteiger partial charge < -0.3 is 10.6 Å². The maximum absolute atomic E-state index is 12.2. The number of halogens is 1. The van der Waals surface area contributed by atoms with Gasteiger partial charge in [-0.25, -0.2) is 9.97 Å². The van der Waals surface area contributed by atoms with E-state index in [1.807, 2.05) is 19.1 Å². The Bertz CT molecular complexity index is 765. The summed E-state index contributed by atoms with van der Waals surface area (Å²) in [7, 11) is 0. The molecule has 0 fully saturated rings. The standard InChI is InChI=1S/C15H15ClN6O/c1-3-4-5-6-10(2)20-15(23)12-11(9-19-22-12)21-14-13(16)17-7-8-18-14/h3-9H,2H2,1H3,(H,18,21)(H,19,22)(H,20,23)/b4-3-,6-5-. The van der Waals surface area contributed by atoms with Gasteiger partial charge in [-0.05, 0) is 13.0 Å². The van der Waals surface area contributed by atoms with Crippen molar-refractivity contribution in [2.75, 3.05) is 5.32 Å². The van der Waals surface area contributed by atoms with Gasteiger partial charge in [-0.1, -0.05) is 36.4 Å². The quantitative estimate of drug-likeness (QED) is 0.708. The highest BCUT2D eigenvalue weighted by molar-refractivity contribution is 6.31. The molecule has 7 nitrogen and oxygen atoms in total. The highest BCUT2D eigenvalue weighted by Crippen LogP contribution is 2.22. The van der Waals surface area contributed by atoms with E-state index in [0.717, 1.165) is 0 Å². The Hall–Kier alpha value is -2.93. The third kappa shape index (κ3) is 4.52. The van der Waals surface area contributed by atoms with E-state index >= 15 is 0 Å². The Labute approximate surface area is 138 Å². The molecule has 8 heteroatoms. The normalized spacial score (nSPS) is 11.0. The smallest absolute Gasteiger partial charge is 0.275 e. The second-order valence-electron chi connectivity index (χ2n) is 4.34. The summed E-state index contributed by atoms with van der Waals surface area (Å²) in [5, 5.41) is 12.2. The minimum absolute atomic E-state index is 0.193. The summed E-state index contributed by atoms with van der Waals surface area (Å²) >= 11 is 5.93. The van der Waals surface area contributed by atoms with E-state index in [1.54, 1.807) is 12.2 Å². The van der Waals surface area contributed by atoms with E-state index in [4.69, 9.17) is 11.6 Å². The molecule has 0 saturated carbocycles. The lowest BCUT2D eigenvalue weighted by atomic mass is 10.3. The van der Waals surface area contributed by atoms with Crippen LogP contribution in [0.2, 0.25) is 5.15 Å². The monoisotopic (exact) mass is 330 g/mol. The molecule has 0 aliphatic carbocycles. The molecule has 2 rings (SSSR count). The van der Waals surface area contributed by atoms with Crippen LogP contribution in [0.25, 0.3) is 0 Å². The van der Waals surface area contributed by atoms with Gasteiger partial charge in [0.25, 0.3) is 5.91 Å². The van der Waals surface area contributed by atoms with Crippen LogP contribution in [0.3, 0.4) is 0 Å². The van der Waals surface area contributed by atoms with Gasteiger partial charge in [0.2, 0.25) is 0 Å². The lowest BCUT2D eigenvalue weighted by Gasteiger charge is -2.07. The second kappa shape index (κ2) is 7.90. The van der Waals surface area contributed by atoms with Crippen molar-refractivity contribution in [2.24, 2.45) is 0 Å². The molecule has 0 unspecified atom stereocenters. The summed E-state index contributed by atoms with van der Waals surface area (Å²) in [5.74, 6) is -0.0587. The fourth-order valence-corrected chi connectivity index (χ4v) is 1.77. The van der Waals surface area contributed by atoms with Gasteiger partial charge in [0.1, 0.15) is 5.69 Å². The zero-order valence-electron chi connectivity index (χ0n) is 12.4. The molecule has 0 atom stereocenters. The van der Waals surface area contributed by atoms with Gasteiger partial charge in [-0.2, -0.15) is 5.10 Å². The predicted octanol–water partition coefficient (Wildman–Crippen LogP) is 2.97. The van der Waals surface area contributed by atoms with Crippen LogP contribution < -0.4 is 10.6 Å². The molecule has 2 heterocycles. The van der Waals surface area contributed by atoms with Crippen LogP contribution in [0.1, 0.15) is 17.4 Å². The molecule has 0 bridgehead atoms. The molecule has 0 aliphatic heterocycles.